The highest BCUT2D eigenvalue weighted by atomic mass is 16.5. The van der Waals surface area contributed by atoms with E-state index in [1.54, 1.807) is 6.26 Å². The van der Waals surface area contributed by atoms with E-state index in [1.807, 2.05) is 18.2 Å². The van der Waals surface area contributed by atoms with E-state index in [1.165, 1.54) is 0 Å². The summed E-state index contributed by atoms with van der Waals surface area (Å²) in [7, 11) is 0. The van der Waals surface area contributed by atoms with Gasteiger partial charge in [0, 0.05) is 0 Å². The van der Waals surface area contributed by atoms with Crippen molar-refractivity contribution in [2.75, 3.05) is 6.61 Å². The van der Waals surface area contributed by atoms with Gasteiger partial charge in [-0.3, -0.25) is 9.59 Å². The molecule has 0 aromatic rings. The fourth-order valence-electron chi connectivity index (χ4n) is 0.476. The van der Waals surface area contributed by atoms with Gasteiger partial charge < -0.3 is 14.9 Å². The van der Waals surface area contributed by atoms with E-state index in [0.29, 0.717) is 0 Å². The second-order valence-electron chi connectivity index (χ2n) is 2.05. The number of carbonyl (C=O) groups is 2. The van der Waals surface area contributed by atoms with Crippen molar-refractivity contribution in [3.8, 4) is 0 Å². The lowest BCUT2D eigenvalue weighted by Gasteiger charge is -1.94. The summed E-state index contributed by atoms with van der Waals surface area (Å²) in [6, 6.07) is 0. The molecule has 0 unspecified atom stereocenters. The van der Waals surface area contributed by atoms with Crippen LogP contribution in [0.2, 0.25) is 0 Å². The van der Waals surface area contributed by atoms with E-state index >= 15 is 0 Å². The Labute approximate surface area is 74.9 Å². The van der Waals surface area contributed by atoms with Crippen molar-refractivity contribution in [2.24, 2.45) is 0 Å². The molecule has 0 fully saturated rings. The van der Waals surface area contributed by atoms with Crippen molar-refractivity contribution in [3.05, 3.63) is 24.5 Å². The van der Waals surface area contributed by atoms with Crippen LogP contribution in [0.4, 0.5) is 0 Å². The summed E-state index contributed by atoms with van der Waals surface area (Å²) in [6.07, 6.45) is 6.66. The molecule has 5 nitrogen and oxygen atoms in total. The highest BCUT2D eigenvalue weighted by molar-refractivity contribution is 5.88. The van der Waals surface area contributed by atoms with Gasteiger partial charge in [0.25, 0.3) is 0 Å². The lowest BCUT2D eigenvalue weighted by Crippen LogP contribution is -2.03. The predicted octanol–water partition coefficient (Wildman–Crippen LogP) is 0.632. The number of carboxylic acid groups (broad SMARTS) is 2. The smallest absolute Gasteiger partial charge is 0.314 e. The lowest BCUT2D eigenvalue weighted by molar-refractivity contribution is -0.147. The molecule has 0 radical (unpaired) electrons. The number of hydrogen-bond donors (Lipinski definition) is 2. The molecule has 1 aliphatic heterocycles. The Hall–Kier alpha value is -1.78. The third-order valence-corrected chi connectivity index (χ3v) is 0.917. The van der Waals surface area contributed by atoms with Gasteiger partial charge in [0.2, 0.25) is 0 Å². The maximum absolute atomic E-state index is 9.43. The number of allylic oxidation sites excluding steroid dienone is 2. The standard InChI is InChI=1S/C5H6O.C3H4O4/c1-2-4-6-5-3-1;4-2(5)1-3(6)7/h1-4H,5H2;1H2,(H,4,5)(H,6,7). The molecule has 2 N–H and O–H groups in total. The fraction of sp³-hybridized carbons (Fsp3) is 0.250. The number of rotatable bonds is 2. The van der Waals surface area contributed by atoms with Crippen LogP contribution in [0.1, 0.15) is 6.42 Å². The first kappa shape index (κ1) is 11.2. The number of ether oxygens (including phenoxy) is 1. The van der Waals surface area contributed by atoms with Crippen LogP contribution >= 0.6 is 0 Å². The summed E-state index contributed by atoms with van der Waals surface area (Å²) in [5.41, 5.74) is 0. The maximum Gasteiger partial charge on any atom is 0.314 e. The van der Waals surface area contributed by atoms with Gasteiger partial charge in [0.1, 0.15) is 13.0 Å². The van der Waals surface area contributed by atoms with Crippen LogP contribution in [0, 0.1) is 0 Å². The SMILES string of the molecule is C1=CCOC=C1.O=C(O)CC(=O)O. The summed E-state index contributed by atoms with van der Waals surface area (Å²) in [5.74, 6) is -2.62. The van der Waals surface area contributed by atoms with Crippen LogP contribution in [-0.4, -0.2) is 28.8 Å². The minimum Gasteiger partial charge on any atom is -0.497 e. The molecular weight excluding hydrogens is 176 g/mol. The Morgan fingerprint density at radius 2 is 1.85 bits per heavy atom. The number of aliphatic carboxylic acids is 2. The molecule has 0 bridgehead atoms. The Balaban J connectivity index is 0.000000223. The molecule has 1 aliphatic rings. The van der Waals surface area contributed by atoms with Gasteiger partial charge in [0.05, 0.1) is 6.26 Å². The molecule has 0 amide bonds. The van der Waals surface area contributed by atoms with Crippen molar-refractivity contribution in [3.63, 3.8) is 0 Å². The van der Waals surface area contributed by atoms with E-state index in [4.69, 9.17) is 14.9 Å². The predicted molar refractivity (Wildman–Crippen MR) is 44.1 cm³/mol. The van der Waals surface area contributed by atoms with Crippen molar-refractivity contribution in [2.45, 2.75) is 6.42 Å². The topological polar surface area (TPSA) is 83.8 Å². The second kappa shape index (κ2) is 6.90. The molecule has 0 spiro atoms. The third-order valence-electron chi connectivity index (χ3n) is 0.917. The van der Waals surface area contributed by atoms with Crippen molar-refractivity contribution in [1.29, 1.82) is 0 Å². The van der Waals surface area contributed by atoms with E-state index in [0.717, 1.165) is 6.61 Å². The first-order valence-electron chi connectivity index (χ1n) is 3.50. The summed E-state index contributed by atoms with van der Waals surface area (Å²) in [5, 5.41) is 15.4. The Morgan fingerprint density at radius 1 is 1.23 bits per heavy atom. The van der Waals surface area contributed by atoms with E-state index in [-0.39, 0.29) is 0 Å². The first-order valence-corrected chi connectivity index (χ1v) is 3.50. The Bertz CT molecular complexity index is 205. The quantitative estimate of drug-likeness (QED) is 0.618. The first-order chi connectivity index (χ1) is 6.13. The molecular formula is C8H10O5. The van der Waals surface area contributed by atoms with Crippen LogP contribution in [0.25, 0.3) is 0 Å². The molecule has 0 aliphatic carbocycles. The molecule has 5 heteroatoms. The molecule has 0 saturated carbocycles. The molecule has 0 aromatic carbocycles. The van der Waals surface area contributed by atoms with E-state index in [2.05, 4.69) is 0 Å². The summed E-state index contributed by atoms with van der Waals surface area (Å²) < 4.78 is 4.80. The summed E-state index contributed by atoms with van der Waals surface area (Å²) >= 11 is 0. The lowest BCUT2D eigenvalue weighted by atomic mass is 10.5. The van der Waals surface area contributed by atoms with Gasteiger partial charge >= 0.3 is 11.9 Å². The molecule has 13 heavy (non-hydrogen) atoms. The minimum absolute atomic E-state index is 0.733. The zero-order valence-corrected chi connectivity index (χ0v) is 6.84. The van der Waals surface area contributed by atoms with Gasteiger partial charge in [-0.2, -0.15) is 0 Å². The zero-order valence-electron chi connectivity index (χ0n) is 6.84. The maximum atomic E-state index is 9.43. The second-order valence-corrected chi connectivity index (χ2v) is 2.05. The van der Waals surface area contributed by atoms with Crippen LogP contribution in [0.15, 0.2) is 24.5 Å². The average Bonchev–Trinajstić information content (AvgIpc) is 2.06. The van der Waals surface area contributed by atoms with Crippen molar-refractivity contribution >= 4 is 11.9 Å². The van der Waals surface area contributed by atoms with Gasteiger partial charge in [-0.1, -0.05) is 6.08 Å². The number of carboxylic acids is 2. The normalized spacial score (nSPS) is 12.3. The molecule has 0 atom stereocenters. The van der Waals surface area contributed by atoms with Crippen LogP contribution in [0.5, 0.6) is 0 Å². The van der Waals surface area contributed by atoms with Crippen molar-refractivity contribution in [1.82, 2.24) is 0 Å². The van der Waals surface area contributed by atoms with Crippen LogP contribution in [-0.2, 0) is 14.3 Å². The Morgan fingerprint density at radius 3 is 1.92 bits per heavy atom. The number of hydrogen-bond acceptors (Lipinski definition) is 3. The fourth-order valence-corrected chi connectivity index (χ4v) is 0.476. The van der Waals surface area contributed by atoms with Gasteiger partial charge in [0.15, 0.2) is 0 Å². The van der Waals surface area contributed by atoms with Gasteiger partial charge in [-0.25, -0.2) is 0 Å². The summed E-state index contributed by atoms with van der Waals surface area (Å²) in [4.78, 5) is 18.9. The monoisotopic (exact) mass is 186 g/mol. The zero-order chi connectivity index (χ0) is 10.1. The van der Waals surface area contributed by atoms with Crippen molar-refractivity contribution < 1.29 is 24.5 Å². The molecule has 1 rings (SSSR count). The van der Waals surface area contributed by atoms with Crippen LogP contribution < -0.4 is 0 Å². The van der Waals surface area contributed by atoms with Crippen LogP contribution in [0.3, 0.4) is 0 Å². The molecule has 0 saturated heterocycles. The van der Waals surface area contributed by atoms with Gasteiger partial charge in [-0.05, 0) is 12.2 Å². The average molecular weight is 186 g/mol. The molecule has 0 aromatic heterocycles. The summed E-state index contributed by atoms with van der Waals surface area (Å²) in [6.45, 7) is 0.733. The molecule has 1 heterocycles. The van der Waals surface area contributed by atoms with E-state index < -0.39 is 18.4 Å². The van der Waals surface area contributed by atoms with E-state index in [9.17, 15) is 9.59 Å². The highest BCUT2D eigenvalue weighted by Gasteiger charge is 2.01. The third kappa shape index (κ3) is 10.2. The highest BCUT2D eigenvalue weighted by Crippen LogP contribution is 1.87. The Kier molecular flexibility index (Phi) is 5.96. The largest absolute Gasteiger partial charge is 0.497 e. The van der Waals surface area contributed by atoms with Gasteiger partial charge in [-0.15, -0.1) is 0 Å². The molecule has 72 valence electrons. The minimum atomic E-state index is -1.31.